The standard InChI is InChI=1S/C15H24BrN3/c1-15(2)11-18(4)10-14(9-17-3)19(15)13-7-5-12(16)6-8-13/h5-8,14,17H,9-11H2,1-4H3. The van der Waals surface area contributed by atoms with E-state index in [-0.39, 0.29) is 5.54 Å². The number of halogens is 1. The van der Waals surface area contributed by atoms with Crippen molar-refractivity contribution in [3.05, 3.63) is 28.7 Å². The highest BCUT2D eigenvalue weighted by Gasteiger charge is 2.38. The molecule has 0 radical (unpaired) electrons. The molecule has 0 bridgehead atoms. The first kappa shape index (κ1) is 14.8. The van der Waals surface area contributed by atoms with Crippen LogP contribution in [0, 0.1) is 0 Å². The first-order chi connectivity index (χ1) is 8.94. The number of hydrogen-bond donors (Lipinski definition) is 1. The van der Waals surface area contributed by atoms with Gasteiger partial charge in [0.15, 0.2) is 0 Å². The predicted octanol–water partition coefficient (Wildman–Crippen LogP) is 2.57. The molecule has 1 fully saturated rings. The maximum Gasteiger partial charge on any atom is 0.0547 e. The Morgan fingerprint density at radius 1 is 1.32 bits per heavy atom. The Morgan fingerprint density at radius 3 is 2.53 bits per heavy atom. The van der Waals surface area contributed by atoms with E-state index in [0.29, 0.717) is 6.04 Å². The van der Waals surface area contributed by atoms with Gasteiger partial charge in [0.25, 0.3) is 0 Å². The van der Waals surface area contributed by atoms with E-state index < -0.39 is 0 Å². The molecule has 0 saturated carbocycles. The molecule has 1 N–H and O–H groups in total. The molecular formula is C15H24BrN3. The van der Waals surface area contributed by atoms with E-state index in [9.17, 15) is 0 Å². The van der Waals surface area contributed by atoms with Crippen LogP contribution < -0.4 is 10.2 Å². The summed E-state index contributed by atoms with van der Waals surface area (Å²) in [5.74, 6) is 0. The van der Waals surface area contributed by atoms with Crippen molar-refractivity contribution in [2.24, 2.45) is 0 Å². The third kappa shape index (κ3) is 3.30. The Kier molecular flexibility index (Phi) is 4.54. The summed E-state index contributed by atoms with van der Waals surface area (Å²) in [6, 6.07) is 9.17. The van der Waals surface area contributed by atoms with Crippen molar-refractivity contribution in [3.8, 4) is 0 Å². The van der Waals surface area contributed by atoms with Gasteiger partial charge in [-0.2, -0.15) is 0 Å². The summed E-state index contributed by atoms with van der Waals surface area (Å²) in [6.07, 6.45) is 0. The van der Waals surface area contributed by atoms with Gasteiger partial charge in [0.1, 0.15) is 0 Å². The van der Waals surface area contributed by atoms with Gasteiger partial charge in [-0.25, -0.2) is 0 Å². The molecule has 1 saturated heterocycles. The average molecular weight is 326 g/mol. The van der Waals surface area contributed by atoms with Gasteiger partial charge in [0, 0.05) is 35.3 Å². The van der Waals surface area contributed by atoms with Gasteiger partial charge in [-0.15, -0.1) is 0 Å². The molecule has 0 aliphatic carbocycles. The number of benzene rings is 1. The molecule has 1 unspecified atom stereocenters. The fourth-order valence-corrected chi connectivity index (χ4v) is 3.55. The molecule has 0 spiro atoms. The van der Waals surface area contributed by atoms with Crippen LogP contribution in [0.1, 0.15) is 13.8 Å². The smallest absolute Gasteiger partial charge is 0.0547 e. The van der Waals surface area contributed by atoms with E-state index in [2.05, 4.69) is 76.2 Å². The summed E-state index contributed by atoms with van der Waals surface area (Å²) in [4.78, 5) is 4.99. The van der Waals surface area contributed by atoms with Crippen LogP contribution in [0.4, 0.5) is 5.69 Å². The lowest BCUT2D eigenvalue weighted by Crippen LogP contribution is -2.65. The van der Waals surface area contributed by atoms with Crippen LogP contribution in [0.25, 0.3) is 0 Å². The minimum Gasteiger partial charge on any atom is -0.360 e. The number of rotatable bonds is 3. The monoisotopic (exact) mass is 325 g/mol. The third-order valence-corrected chi connectivity index (χ3v) is 4.27. The molecule has 4 heteroatoms. The van der Waals surface area contributed by atoms with E-state index in [0.717, 1.165) is 24.1 Å². The van der Waals surface area contributed by atoms with Crippen molar-refractivity contribution in [2.75, 3.05) is 38.6 Å². The van der Waals surface area contributed by atoms with Crippen molar-refractivity contribution < 1.29 is 0 Å². The van der Waals surface area contributed by atoms with Crippen LogP contribution in [-0.2, 0) is 0 Å². The van der Waals surface area contributed by atoms with Crippen LogP contribution in [0.15, 0.2) is 28.7 Å². The summed E-state index contributed by atoms with van der Waals surface area (Å²) in [6.45, 7) is 7.84. The molecule has 1 aliphatic rings. The molecule has 1 aromatic rings. The van der Waals surface area contributed by atoms with Gasteiger partial charge in [0.05, 0.1) is 6.04 Å². The SMILES string of the molecule is CNCC1CN(C)CC(C)(C)N1c1ccc(Br)cc1. The maximum absolute atomic E-state index is 3.51. The number of nitrogens with zero attached hydrogens (tertiary/aromatic N) is 2. The number of likely N-dealkylation sites (N-methyl/N-ethyl adjacent to an activating group) is 2. The molecular weight excluding hydrogens is 302 g/mol. The number of piperazine rings is 1. The van der Waals surface area contributed by atoms with Gasteiger partial charge in [0.2, 0.25) is 0 Å². The molecule has 0 amide bonds. The first-order valence-electron chi connectivity index (χ1n) is 6.82. The van der Waals surface area contributed by atoms with Gasteiger partial charge in [-0.3, -0.25) is 0 Å². The van der Waals surface area contributed by atoms with Gasteiger partial charge in [-0.05, 0) is 52.2 Å². The lowest BCUT2D eigenvalue weighted by atomic mass is 9.94. The highest BCUT2D eigenvalue weighted by Crippen LogP contribution is 2.31. The minimum absolute atomic E-state index is 0.141. The van der Waals surface area contributed by atoms with Gasteiger partial charge < -0.3 is 15.1 Å². The Hall–Kier alpha value is -0.580. The molecule has 1 aliphatic heterocycles. The van der Waals surface area contributed by atoms with Crippen molar-refractivity contribution in [1.29, 1.82) is 0 Å². The zero-order chi connectivity index (χ0) is 14.0. The Morgan fingerprint density at radius 2 is 1.95 bits per heavy atom. The molecule has 19 heavy (non-hydrogen) atoms. The second-order valence-electron chi connectivity index (χ2n) is 6.07. The second-order valence-corrected chi connectivity index (χ2v) is 6.98. The van der Waals surface area contributed by atoms with Crippen LogP contribution in [-0.4, -0.2) is 50.2 Å². The molecule has 1 heterocycles. The molecule has 2 rings (SSSR count). The first-order valence-corrected chi connectivity index (χ1v) is 7.61. The van der Waals surface area contributed by atoms with Crippen LogP contribution in [0.2, 0.25) is 0 Å². The fraction of sp³-hybridized carbons (Fsp3) is 0.600. The topological polar surface area (TPSA) is 18.5 Å². The summed E-state index contributed by atoms with van der Waals surface area (Å²) in [7, 11) is 4.24. The summed E-state index contributed by atoms with van der Waals surface area (Å²) >= 11 is 3.51. The van der Waals surface area contributed by atoms with Crippen molar-refractivity contribution in [1.82, 2.24) is 10.2 Å². The largest absolute Gasteiger partial charge is 0.360 e. The maximum atomic E-state index is 3.51. The van der Waals surface area contributed by atoms with E-state index in [1.165, 1.54) is 5.69 Å². The number of nitrogens with one attached hydrogen (secondary N) is 1. The number of hydrogen-bond acceptors (Lipinski definition) is 3. The van der Waals surface area contributed by atoms with Crippen LogP contribution in [0.3, 0.4) is 0 Å². The lowest BCUT2D eigenvalue weighted by Gasteiger charge is -2.52. The fourth-order valence-electron chi connectivity index (χ4n) is 3.29. The van der Waals surface area contributed by atoms with Crippen molar-refractivity contribution in [2.45, 2.75) is 25.4 Å². The third-order valence-electron chi connectivity index (χ3n) is 3.74. The second kappa shape index (κ2) is 5.81. The molecule has 1 atom stereocenters. The Balaban J connectivity index is 2.33. The summed E-state index contributed by atoms with van der Waals surface area (Å²) in [5, 5.41) is 3.33. The molecule has 0 aromatic heterocycles. The quantitative estimate of drug-likeness (QED) is 0.921. The van der Waals surface area contributed by atoms with Gasteiger partial charge >= 0.3 is 0 Å². The number of anilines is 1. The average Bonchev–Trinajstić information content (AvgIpc) is 2.30. The normalized spacial score (nSPS) is 23.6. The zero-order valence-electron chi connectivity index (χ0n) is 12.3. The summed E-state index contributed by atoms with van der Waals surface area (Å²) < 4.78 is 1.13. The van der Waals surface area contributed by atoms with E-state index in [1.807, 2.05) is 7.05 Å². The molecule has 3 nitrogen and oxygen atoms in total. The van der Waals surface area contributed by atoms with Crippen molar-refractivity contribution in [3.63, 3.8) is 0 Å². The van der Waals surface area contributed by atoms with E-state index in [1.54, 1.807) is 0 Å². The Bertz CT molecular complexity index is 416. The van der Waals surface area contributed by atoms with Crippen molar-refractivity contribution >= 4 is 21.6 Å². The summed E-state index contributed by atoms with van der Waals surface area (Å²) in [5.41, 5.74) is 1.45. The highest BCUT2D eigenvalue weighted by atomic mass is 79.9. The molecule has 1 aromatic carbocycles. The van der Waals surface area contributed by atoms with Gasteiger partial charge in [-0.1, -0.05) is 15.9 Å². The highest BCUT2D eigenvalue weighted by molar-refractivity contribution is 9.10. The molecule has 106 valence electrons. The van der Waals surface area contributed by atoms with Crippen LogP contribution >= 0.6 is 15.9 Å². The zero-order valence-corrected chi connectivity index (χ0v) is 13.9. The van der Waals surface area contributed by atoms with Crippen LogP contribution in [0.5, 0.6) is 0 Å². The lowest BCUT2D eigenvalue weighted by molar-refractivity contribution is 0.179. The Labute approximate surface area is 125 Å². The van der Waals surface area contributed by atoms with E-state index in [4.69, 9.17) is 0 Å². The predicted molar refractivity (Wildman–Crippen MR) is 85.9 cm³/mol. The van der Waals surface area contributed by atoms with E-state index >= 15 is 0 Å². The minimum atomic E-state index is 0.141.